The molecule has 1 aromatic rings. The Bertz CT molecular complexity index is 272. The first-order valence-electron chi connectivity index (χ1n) is 3.48. The third kappa shape index (κ3) is 10.5. The van der Waals surface area contributed by atoms with Crippen molar-refractivity contribution in [2.75, 3.05) is 0 Å². The third-order valence-corrected chi connectivity index (χ3v) is 1.10. The number of hydrogen-bond donors (Lipinski definition) is 0. The average Bonchev–Trinajstić information content (AvgIpc) is 2.01. The van der Waals surface area contributed by atoms with Gasteiger partial charge in [-0.1, -0.05) is 76.7 Å². The SMILES string of the molecule is ClC(Cl)(Cl)Cl.FC(F)(F)c1ccccc1. The third-order valence-electron chi connectivity index (χ3n) is 1.10. The molecule has 1 aromatic carbocycles. The predicted molar refractivity (Wildman–Crippen MR) is 57.6 cm³/mol. The normalized spacial score (nSPS) is 11.7. The van der Waals surface area contributed by atoms with Crippen LogP contribution in [0.5, 0.6) is 0 Å². The molecule has 0 aliphatic carbocycles. The maximum absolute atomic E-state index is 11.8. The molecule has 0 fully saturated rings. The lowest BCUT2D eigenvalue weighted by Crippen LogP contribution is -2.03. The van der Waals surface area contributed by atoms with Crippen molar-refractivity contribution in [2.24, 2.45) is 0 Å². The topological polar surface area (TPSA) is 0 Å². The van der Waals surface area contributed by atoms with Crippen molar-refractivity contribution in [2.45, 2.75) is 9.43 Å². The van der Waals surface area contributed by atoms with Crippen molar-refractivity contribution < 1.29 is 13.2 Å². The lowest BCUT2D eigenvalue weighted by molar-refractivity contribution is -0.137. The molecule has 0 N–H and O–H groups in total. The molecule has 0 atom stereocenters. The fraction of sp³-hybridized carbons (Fsp3) is 0.250. The molecule has 0 bridgehead atoms. The van der Waals surface area contributed by atoms with Gasteiger partial charge in [-0.15, -0.1) is 0 Å². The number of alkyl halides is 7. The van der Waals surface area contributed by atoms with Crippen LogP contribution in [0.15, 0.2) is 30.3 Å². The first-order valence-corrected chi connectivity index (χ1v) is 5.00. The fourth-order valence-corrected chi connectivity index (χ4v) is 0.627. The highest BCUT2D eigenvalue weighted by molar-refractivity contribution is 6.83. The van der Waals surface area contributed by atoms with Gasteiger partial charge in [0.05, 0.1) is 5.56 Å². The summed E-state index contributed by atoms with van der Waals surface area (Å²) in [6.45, 7) is 0. The Morgan fingerprint density at radius 2 is 1.13 bits per heavy atom. The van der Waals surface area contributed by atoms with Crippen LogP contribution >= 0.6 is 46.4 Å². The summed E-state index contributed by atoms with van der Waals surface area (Å²) < 4.78 is 33.8. The van der Waals surface area contributed by atoms with Gasteiger partial charge in [0, 0.05) is 0 Å². The average molecular weight is 300 g/mol. The molecule has 0 aliphatic heterocycles. The summed E-state index contributed by atoms with van der Waals surface area (Å²) >= 11 is 19.3. The second-order valence-electron chi connectivity index (χ2n) is 2.29. The van der Waals surface area contributed by atoms with Gasteiger partial charge in [-0.2, -0.15) is 13.2 Å². The van der Waals surface area contributed by atoms with Crippen molar-refractivity contribution in [1.82, 2.24) is 0 Å². The van der Waals surface area contributed by atoms with E-state index in [4.69, 9.17) is 46.4 Å². The highest BCUT2D eigenvalue weighted by atomic mass is 35.6. The van der Waals surface area contributed by atoms with E-state index in [0.29, 0.717) is 0 Å². The molecule has 86 valence electrons. The summed E-state index contributed by atoms with van der Waals surface area (Å²) in [6.07, 6.45) is -4.21. The number of hydrogen-bond acceptors (Lipinski definition) is 0. The minimum atomic E-state index is -4.21. The maximum Gasteiger partial charge on any atom is 0.416 e. The monoisotopic (exact) mass is 298 g/mol. The van der Waals surface area contributed by atoms with Crippen LogP contribution in [0, 0.1) is 0 Å². The van der Waals surface area contributed by atoms with Gasteiger partial charge in [0.2, 0.25) is 0 Å². The number of rotatable bonds is 0. The Hall–Kier alpha value is 0.170. The minimum absolute atomic E-state index is 0.602. The van der Waals surface area contributed by atoms with Crippen molar-refractivity contribution in [1.29, 1.82) is 0 Å². The number of benzene rings is 1. The van der Waals surface area contributed by atoms with E-state index < -0.39 is 15.0 Å². The van der Waals surface area contributed by atoms with Crippen LogP contribution in [0.2, 0.25) is 0 Å². The first-order chi connectivity index (χ1) is 6.61. The van der Waals surface area contributed by atoms with Gasteiger partial charge in [0.25, 0.3) is 3.25 Å². The van der Waals surface area contributed by atoms with Gasteiger partial charge >= 0.3 is 6.18 Å². The molecule has 0 aromatic heterocycles. The molecule has 0 unspecified atom stereocenters. The molecule has 0 heterocycles. The summed E-state index contributed by atoms with van der Waals surface area (Å²) in [5, 5.41) is 0. The van der Waals surface area contributed by atoms with E-state index in [1.165, 1.54) is 12.1 Å². The lowest BCUT2D eigenvalue weighted by atomic mass is 10.2. The second kappa shape index (κ2) is 6.04. The zero-order chi connectivity index (χ0) is 12.1. The van der Waals surface area contributed by atoms with E-state index in [-0.39, 0.29) is 0 Å². The summed E-state index contributed by atoms with van der Waals surface area (Å²) in [4.78, 5) is 0. The predicted octanol–water partition coefficient (Wildman–Crippen LogP) is 5.26. The second-order valence-corrected chi connectivity index (χ2v) is 5.72. The van der Waals surface area contributed by atoms with Crippen LogP contribution in [0.25, 0.3) is 0 Å². The molecule has 0 aliphatic rings. The van der Waals surface area contributed by atoms with Gasteiger partial charge in [0.1, 0.15) is 0 Å². The Labute approximate surface area is 105 Å². The van der Waals surface area contributed by atoms with Gasteiger partial charge < -0.3 is 0 Å². The van der Waals surface area contributed by atoms with Crippen LogP contribution < -0.4 is 0 Å². The Kier molecular flexibility index (Phi) is 6.11. The van der Waals surface area contributed by atoms with Gasteiger partial charge in [0.15, 0.2) is 0 Å². The zero-order valence-corrected chi connectivity index (χ0v) is 10.1. The standard InChI is InChI=1S/C7H5F3.CCl4/c8-7(9,10)6-4-2-1-3-5-6;2-1(3,4)5/h1-5H;. The molecule has 0 saturated heterocycles. The van der Waals surface area contributed by atoms with Crippen molar-refractivity contribution in [3.8, 4) is 0 Å². The molecule has 1 rings (SSSR count). The Balaban J connectivity index is 0.000000336. The highest BCUT2D eigenvalue weighted by Gasteiger charge is 2.29. The van der Waals surface area contributed by atoms with Gasteiger partial charge in [-0.3, -0.25) is 0 Å². The largest absolute Gasteiger partial charge is 0.416 e. The van der Waals surface area contributed by atoms with Crippen LogP contribution in [-0.2, 0) is 6.18 Å². The summed E-state index contributed by atoms with van der Waals surface area (Å²) in [5.74, 6) is 0. The summed E-state index contributed by atoms with van der Waals surface area (Å²) in [5.41, 5.74) is -0.602. The fourth-order valence-electron chi connectivity index (χ4n) is 0.627. The molecular formula is C8H5Cl4F3. The number of halogens is 7. The zero-order valence-electron chi connectivity index (χ0n) is 7.03. The molecule has 0 saturated carbocycles. The smallest absolute Gasteiger partial charge is 0.166 e. The van der Waals surface area contributed by atoms with E-state index in [1.54, 1.807) is 6.07 Å². The van der Waals surface area contributed by atoms with Crippen molar-refractivity contribution in [3.05, 3.63) is 35.9 Å². The lowest BCUT2D eigenvalue weighted by Gasteiger charge is -2.03. The van der Waals surface area contributed by atoms with Crippen molar-refractivity contribution in [3.63, 3.8) is 0 Å². The molecule has 7 heteroatoms. The van der Waals surface area contributed by atoms with Gasteiger partial charge in [-0.25, -0.2) is 0 Å². The Morgan fingerprint density at radius 1 is 0.800 bits per heavy atom. The maximum atomic E-state index is 11.8. The van der Waals surface area contributed by atoms with Crippen LogP contribution in [0.1, 0.15) is 5.56 Å². The van der Waals surface area contributed by atoms with E-state index in [2.05, 4.69) is 0 Å². The molecule has 0 amide bonds. The van der Waals surface area contributed by atoms with E-state index in [0.717, 1.165) is 12.1 Å². The first kappa shape index (κ1) is 15.2. The molecule has 0 spiro atoms. The van der Waals surface area contributed by atoms with E-state index in [9.17, 15) is 13.2 Å². The van der Waals surface area contributed by atoms with E-state index in [1.807, 2.05) is 0 Å². The molecular weight excluding hydrogens is 295 g/mol. The summed E-state index contributed by atoms with van der Waals surface area (Å²) in [6, 6.07) is 6.36. The van der Waals surface area contributed by atoms with Crippen LogP contribution in [0.4, 0.5) is 13.2 Å². The van der Waals surface area contributed by atoms with E-state index >= 15 is 0 Å². The molecule has 0 nitrogen and oxygen atoms in total. The quantitative estimate of drug-likeness (QED) is 0.573. The van der Waals surface area contributed by atoms with Crippen molar-refractivity contribution >= 4 is 46.4 Å². The summed E-state index contributed by atoms with van der Waals surface area (Å²) in [7, 11) is 0. The van der Waals surface area contributed by atoms with Crippen LogP contribution in [-0.4, -0.2) is 3.25 Å². The van der Waals surface area contributed by atoms with Crippen LogP contribution in [0.3, 0.4) is 0 Å². The minimum Gasteiger partial charge on any atom is -0.166 e. The Morgan fingerprint density at radius 3 is 1.33 bits per heavy atom. The molecule has 0 radical (unpaired) electrons. The molecule has 15 heavy (non-hydrogen) atoms. The highest BCUT2D eigenvalue weighted by Crippen LogP contribution is 2.30. The van der Waals surface area contributed by atoms with Gasteiger partial charge in [-0.05, 0) is 0 Å².